The second kappa shape index (κ2) is 8.57. The Kier molecular flexibility index (Phi) is 6.63. The monoisotopic (exact) mass is 425 g/mol. The van der Waals surface area contributed by atoms with Crippen molar-refractivity contribution < 1.29 is 18.1 Å². The Hall–Kier alpha value is -2.65. The van der Waals surface area contributed by atoms with Gasteiger partial charge >= 0.3 is 0 Å². The molecule has 28 heavy (non-hydrogen) atoms. The minimum Gasteiger partial charge on any atom is -0.324 e. The number of nitrogens with zero attached hydrogens (tertiary/aromatic N) is 2. The second-order valence-electron chi connectivity index (χ2n) is 6.21. The number of carbonyl (C=O) groups excluding carboxylic acids is 1. The summed E-state index contributed by atoms with van der Waals surface area (Å²) in [6.45, 7) is 3.29. The van der Waals surface area contributed by atoms with Gasteiger partial charge in [0.1, 0.15) is 6.04 Å². The molecule has 0 aliphatic heterocycles. The van der Waals surface area contributed by atoms with E-state index in [0.717, 1.165) is 16.6 Å². The largest absolute Gasteiger partial charge is 0.324 e. The van der Waals surface area contributed by atoms with Gasteiger partial charge in [-0.1, -0.05) is 24.6 Å². The normalized spacial score (nSPS) is 12.3. The van der Waals surface area contributed by atoms with Crippen molar-refractivity contribution in [2.24, 2.45) is 0 Å². The Morgan fingerprint density at radius 3 is 2.36 bits per heavy atom. The number of hydrogen-bond acceptors (Lipinski definition) is 5. The highest BCUT2D eigenvalue weighted by atomic mass is 35.5. The first kappa shape index (κ1) is 21.6. The van der Waals surface area contributed by atoms with E-state index in [1.165, 1.54) is 12.1 Å². The van der Waals surface area contributed by atoms with Gasteiger partial charge in [-0.15, -0.1) is 0 Å². The molecule has 0 bridgehead atoms. The number of rotatable bonds is 7. The lowest BCUT2D eigenvalue weighted by Crippen LogP contribution is -2.47. The van der Waals surface area contributed by atoms with Crippen LogP contribution in [0.25, 0.3) is 0 Å². The van der Waals surface area contributed by atoms with Gasteiger partial charge in [0.05, 0.1) is 16.9 Å². The number of nitro benzene ring substituents is 1. The topological polar surface area (TPSA) is 110 Å². The van der Waals surface area contributed by atoms with Gasteiger partial charge < -0.3 is 5.32 Å². The van der Waals surface area contributed by atoms with E-state index in [4.69, 9.17) is 11.6 Å². The molecule has 0 aliphatic carbocycles. The summed E-state index contributed by atoms with van der Waals surface area (Å²) in [5.41, 5.74) is 0.780. The molecule has 0 aromatic heterocycles. The van der Waals surface area contributed by atoms with Crippen molar-refractivity contribution in [1.29, 1.82) is 0 Å². The lowest BCUT2D eigenvalue weighted by atomic mass is 10.1. The highest BCUT2D eigenvalue weighted by molar-refractivity contribution is 7.92. The van der Waals surface area contributed by atoms with E-state index in [9.17, 15) is 23.3 Å². The Bertz CT molecular complexity index is 993. The number of carbonyl (C=O) groups is 1. The molecule has 1 N–H and O–H groups in total. The summed E-state index contributed by atoms with van der Waals surface area (Å²) >= 11 is 5.83. The van der Waals surface area contributed by atoms with Crippen LogP contribution < -0.4 is 9.62 Å². The van der Waals surface area contributed by atoms with Crippen LogP contribution in [0.1, 0.15) is 18.9 Å². The zero-order valence-electron chi connectivity index (χ0n) is 15.5. The zero-order valence-corrected chi connectivity index (χ0v) is 17.1. The van der Waals surface area contributed by atoms with Crippen LogP contribution in [0.15, 0.2) is 42.5 Å². The fraction of sp³-hybridized carbons (Fsp3) is 0.278. The number of nitrogens with one attached hydrogen (secondary N) is 1. The Morgan fingerprint density at radius 1 is 1.25 bits per heavy atom. The van der Waals surface area contributed by atoms with E-state index in [-0.39, 0.29) is 17.8 Å². The van der Waals surface area contributed by atoms with Crippen molar-refractivity contribution in [3.05, 3.63) is 63.2 Å². The standard InChI is InChI=1S/C18H20ClN3O5S/c1-4-16(18(23)20-14-8-6-13(19)7-9-14)21(28(3,26)27)17-11-15(22(24)25)10-5-12(17)2/h5-11,16H,4H2,1-3H3,(H,20,23). The fourth-order valence-electron chi connectivity index (χ4n) is 2.74. The minimum absolute atomic E-state index is 0.0924. The van der Waals surface area contributed by atoms with Crippen LogP contribution in [0, 0.1) is 17.0 Å². The minimum atomic E-state index is -3.91. The van der Waals surface area contributed by atoms with Gasteiger partial charge in [-0.25, -0.2) is 8.42 Å². The number of nitro groups is 1. The molecule has 1 unspecified atom stereocenters. The van der Waals surface area contributed by atoms with Crippen LogP contribution >= 0.6 is 11.6 Å². The number of benzene rings is 2. The van der Waals surface area contributed by atoms with Crippen LogP contribution in [-0.2, 0) is 14.8 Å². The maximum absolute atomic E-state index is 12.8. The maximum atomic E-state index is 12.8. The van der Waals surface area contributed by atoms with E-state index < -0.39 is 26.9 Å². The van der Waals surface area contributed by atoms with Crippen LogP contribution in [0.5, 0.6) is 0 Å². The molecule has 0 aliphatic rings. The zero-order chi connectivity index (χ0) is 21.1. The molecule has 150 valence electrons. The van der Waals surface area contributed by atoms with Gasteiger partial charge in [0.15, 0.2) is 0 Å². The quantitative estimate of drug-likeness (QED) is 0.536. The maximum Gasteiger partial charge on any atom is 0.271 e. The van der Waals surface area contributed by atoms with Crippen molar-refractivity contribution in [3.63, 3.8) is 0 Å². The molecular formula is C18H20ClN3O5S. The first-order valence-corrected chi connectivity index (χ1v) is 10.6. The van der Waals surface area contributed by atoms with Gasteiger partial charge in [-0.05, 0) is 43.2 Å². The molecule has 0 spiro atoms. The van der Waals surface area contributed by atoms with Gasteiger partial charge in [-0.2, -0.15) is 0 Å². The summed E-state index contributed by atoms with van der Waals surface area (Å²) in [5, 5.41) is 14.3. The Balaban J connectivity index is 2.48. The van der Waals surface area contributed by atoms with E-state index in [1.54, 1.807) is 38.1 Å². The summed E-state index contributed by atoms with van der Waals surface area (Å²) in [6, 6.07) is 9.19. The van der Waals surface area contributed by atoms with Crippen molar-refractivity contribution in [3.8, 4) is 0 Å². The molecule has 1 atom stereocenters. The summed E-state index contributed by atoms with van der Waals surface area (Å²) in [6.07, 6.45) is 1.12. The molecule has 8 nitrogen and oxygen atoms in total. The van der Waals surface area contributed by atoms with Crippen molar-refractivity contribution >= 4 is 44.6 Å². The molecule has 0 saturated heterocycles. The lowest BCUT2D eigenvalue weighted by Gasteiger charge is -2.31. The molecule has 2 aromatic rings. The molecule has 1 amide bonds. The van der Waals surface area contributed by atoms with E-state index in [0.29, 0.717) is 16.3 Å². The molecule has 0 saturated carbocycles. The first-order valence-electron chi connectivity index (χ1n) is 8.35. The fourth-order valence-corrected chi connectivity index (χ4v) is 4.13. The molecular weight excluding hydrogens is 406 g/mol. The van der Waals surface area contributed by atoms with Crippen LogP contribution in [0.4, 0.5) is 17.1 Å². The predicted octanol–water partition coefficient (Wildman–Crippen LogP) is 3.74. The number of hydrogen-bond donors (Lipinski definition) is 1. The van der Waals surface area contributed by atoms with Crippen LogP contribution in [0.2, 0.25) is 5.02 Å². The number of sulfonamides is 1. The van der Waals surface area contributed by atoms with E-state index >= 15 is 0 Å². The highest BCUT2D eigenvalue weighted by Crippen LogP contribution is 2.30. The third-order valence-corrected chi connectivity index (χ3v) is 5.50. The van der Waals surface area contributed by atoms with Crippen LogP contribution in [-0.4, -0.2) is 31.5 Å². The van der Waals surface area contributed by atoms with Crippen molar-refractivity contribution in [2.45, 2.75) is 26.3 Å². The summed E-state index contributed by atoms with van der Waals surface area (Å²) < 4.78 is 26.0. The van der Waals surface area contributed by atoms with E-state index in [2.05, 4.69) is 5.32 Å². The smallest absolute Gasteiger partial charge is 0.271 e. The number of anilines is 2. The lowest BCUT2D eigenvalue weighted by molar-refractivity contribution is -0.384. The van der Waals surface area contributed by atoms with Crippen LogP contribution in [0.3, 0.4) is 0 Å². The van der Waals surface area contributed by atoms with E-state index in [1.807, 2.05) is 0 Å². The molecule has 2 aromatic carbocycles. The average molecular weight is 426 g/mol. The number of aryl methyl sites for hydroxylation is 1. The highest BCUT2D eigenvalue weighted by Gasteiger charge is 2.33. The average Bonchev–Trinajstić information content (AvgIpc) is 2.61. The summed E-state index contributed by atoms with van der Waals surface area (Å²) in [4.78, 5) is 23.3. The predicted molar refractivity (Wildman–Crippen MR) is 109 cm³/mol. The molecule has 0 fully saturated rings. The second-order valence-corrected chi connectivity index (χ2v) is 8.50. The van der Waals surface area contributed by atoms with Gasteiger partial charge in [-0.3, -0.25) is 19.2 Å². The van der Waals surface area contributed by atoms with Gasteiger partial charge in [0.2, 0.25) is 15.9 Å². The van der Waals surface area contributed by atoms with Gasteiger partial charge in [0, 0.05) is 22.8 Å². The molecule has 0 radical (unpaired) electrons. The number of non-ortho nitro benzene ring substituents is 1. The summed E-state index contributed by atoms with van der Waals surface area (Å²) in [5.74, 6) is -0.554. The third kappa shape index (κ3) is 4.99. The van der Waals surface area contributed by atoms with Crippen molar-refractivity contribution in [2.75, 3.05) is 15.9 Å². The first-order chi connectivity index (χ1) is 13.0. The van der Waals surface area contributed by atoms with Gasteiger partial charge in [0.25, 0.3) is 5.69 Å². The summed E-state index contributed by atoms with van der Waals surface area (Å²) in [7, 11) is -3.91. The van der Waals surface area contributed by atoms with Crippen molar-refractivity contribution in [1.82, 2.24) is 0 Å². The molecule has 2 rings (SSSR count). The molecule has 10 heteroatoms. The number of amides is 1. The Labute approximate surface area is 168 Å². The SMILES string of the molecule is CCC(C(=O)Nc1ccc(Cl)cc1)N(c1cc([N+](=O)[O-])ccc1C)S(C)(=O)=O. The number of halogens is 1. The molecule has 0 heterocycles. The Morgan fingerprint density at radius 2 is 1.86 bits per heavy atom. The third-order valence-electron chi connectivity index (χ3n) is 4.08.